The number of methoxy groups -OCH3 is 1. The minimum atomic E-state index is -0.450. The molecule has 3 aromatic rings. The van der Waals surface area contributed by atoms with E-state index in [1.54, 1.807) is 7.11 Å². The van der Waals surface area contributed by atoms with E-state index >= 15 is 0 Å². The lowest BCUT2D eigenvalue weighted by Crippen LogP contribution is -2.43. The number of rotatable bonds is 5. The zero-order valence-electron chi connectivity index (χ0n) is 19.6. The maximum atomic E-state index is 12.9. The quantitative estimate of drug-likeness (QED) is 0.479. The highest BCUT2D eigenvalue weighted by atomic mass is 16.5. The van der Waals surface area contributed by atoms with Crippen molar-refractivity contribution in [3.8, 4) is 28.0 Å². The molecule has 3 aromatic carbocycles. The summed E-state index contributed by atoms with van der Waals surface area (Å²) in [6.45, 7) is 1.99. The van der Waals surface area contributed by atoms with Crippen LogP contribution in [0.25, 0.3) is 22.3 Å². The normalized spacial score (nSPS) is 15.5. The Morgan fingerprint density at radius 3 is 2.53 bits per heavy atom. The number of benzene rings is 3. The third kappa shape index (κ3) is 4.17. The van der Waals surface area contributed by atoms with Gasteiger partial charge in [0.1, 0.15) is 5.75 Å². The molecule has 34 heavy (non-hydrogen) atoms. The molecule has 0 spiro atoms. The number of nitrogens with two attached hydrogens (primary N) is 1. The second-order valence-corrected chi connectivity index (χ2v) is 9.25. The lowest BCUT2D eigenvalue weighted by molar-refractivity contribution is 0.0916. The Labute approximate surface area is 199 Å². The van der Waals surface area contributed by atoms with Crippen LogP contribution in [0.5, 0.6) is 5.75 Å². The van der Waals surface area contributed by atoms with Gasteiger partial charge in [0.15, 0.2) is 0 Å². The van der Waals surface area contributed by atoms with Crippen LogP contribution in [0.1, 0.15) is 44.7 Å². The van der Waals surface area contributed by atoms with E-state index in [2.05, 4.69) is 23.3 Å². The fourth-order valence-electron chi connectivity index (χ4n) is 5.05. The molecule has 2 aliphatic rings. The second kappa shape index (κ2) is 8.95. The summed E-state index contributed by atoms with van der Waals surface area (Å²) in [5.74, 6) is 0.258. The van der Waals surface area contributed by atoms with Crippen molar-refractivity contribution in [3.63, 3.8) is 0 Å². The number of fused-ring (bicyclic) bond motifs is 3. The van der Waals surface area contributed by atoms with Gasteiger partial charge < -0.3 is 20.7 Å². The van der Waals surface area contributed by atoms with Crippen LogP contribution in [0.3, 0.4) is 0 Å². The summed E-state index contributed by atoms with van der Waals surface area (Å²) in [6.07, 6.45) is 2.51. The van der Waals surface area contributed by atoms with Crippen molar-refractivity contribution < 1.29 is 14.3 Å². The number of amides is 2. The average molecular weight is 456 g/mol. The Bertz CT molecular complexity index is 1280. The Morgan fingerprint density at radius 2 is 1.79 bits per heavy atom. The molecule has 0 bridgehead atoms. The molecule has 0 radical (unpaired) electrons. The smallest absolute Gasteiger partial charge is 0.251 e. The number of piperidine rings is 1. The molecule has 3 N–H and O–H groups in total. The molecule has 6 nitrogen and oxygen atoms in total. The molecule has 0 aromatic heterocycles. The SMILES string of the molecule is COc1cccc(-c2cc(C(N)=O)c3c(c2)-c2ccc(C(=O)NC4CCN(C)CC4)cc2C3)c1. The Kier molecular flexibility index (Phi) is 5.84. The molecule has 1 fully saturated rings. The molecule has 1 saturated heterocycles. The summed E-state index contributed by atoms with van der Waals surface area (Å²) in [5.41, 5.74) is 12.8. The number of primary amides is 1. The van der Waals surface area contributed by atoms with Crippen molar-refractivity contribution in [1.29, 1.82) is 0 Å². The summed E-state index contributed by atoms with van der Waals surface area (Å²) in [6, 6.07) is 17.7. The molecule has 174 valence electrons. The molecule has 0 atom stereocenters. The van der Waals surface area contributed by atoms with Gasteiger partial charge >= 0.3 is 0 Å². The molecule has 1 aliphatic carbocycles. The van der Waals surface area contributed by atoms with Gasteiger partial charge in [-0.3, -0.25) is 9.59 Å². The fraction of sp³-hybridized carbons (Fsp3) is 0.286. The van der Waals surface area contributed by atoms with Crippen molar-refractivity contribution >= 4 is 11.8 Å². The number of nitrogens with zero attached hydrogens (tertiary/aromatic N) is 1. The Morgan fingerprint density at radius 1 is 1.00 bits per heavy atom. The lowest BCUT2D eigenvalue weighted by Gasteiger charge is -2.29. The first-order valence-corrected chi connectivity index (χ1v) is 11.7. The highest BCUT2D eigenvalue weighted by molar-refractivity contribution is 6.01. The van der Waals surface area contributed by atoms with E-state index in [4.69, 9.17) is 10.5 Å². The Balaban J connectivity index is 1.47. The van der Waals surface area contributed by atoms with Gasteiger partial charge in [0.2, 0.25) is 5.91 Å². The van der Waals surface area contributed by atoms with Gasteiger partial charge in [-0.25, -0.2) is 0 Å². The lowest BCUT2D eigenvalue weighted by atomic mass is 9.94. The topological polar surface area (TPSA) is 84.7 Å². The van der Waals surface area contributed by atoms with Gasteiger partial charge in [-0.15, -0.1) is 0 Å². The first-order chi connectivity index (χ1) is 16.4. The van der Waals surface area contributed by atoms with E-state index in [9.17, 15) is 9.59 Å². The third-order valence-electron chi connectivity index (χ3n) is 7.00. The highest BCUT2D eigenvalue weighted by Gasteiger charge is 2.26. The van der Waals surface area contributed by atoms with E-state index in [0.717, 1.165) is 65.1 Å². The maximum Gasteiger partial charge on any atom is 0.251 e. The molecule has 1 aliphatic heterocycles. The van der Waals surface area contributed by atoms with Gasteiger partial charge in [-0.05, 0) is 109 Å². The van der Waals surface area contributed by atoms with Crippen LogP contribution in [0.4, 0.5) is 0 Å². The number of carbonyl (C=O) groups is 2. The number of hydrogen-bond donors (Lipinski definition) is 2. The minimum absolute atomic E-state index is 0.0412. The van der Waals surface area contributed by atoms with E-state index in [-0.39, 0.29) is 11.9 Å². The summed E-state index contributed by atoms with van der Waals surface area (Å²) >= 11 is 0. The van der Waals surface area contributed by atoms with Crippen LogP contribution < -0.4 is 15.8 Å². The molecular weight excluding hydrogens is 426 g/mol. The third-order valence-corrected chi connectivity index (χ3v) is 7.00. The van der Waals surface area contributed by atoms with Crippen LogP contribution in [0.15, 0.2) is 54.6 Å². The van der Waals surface area contributed by atoms with Crippen molar-refractivity contribution in [2.24, 2.45) is 5.73 Å². The monoisotopic (exact) mass is 455 g/mol. The van der Waals surface area contributed by atoms with Crippen molar-refractivity contribution in [3.05, 3.63) is 76.9 Å². The van der Waals surface area contributed by atoms with E-state index < -0.39 is 5.91 Å². The molecular formula is C28H29N3O3. The first-order valence-electron chi connectivity index (χ1n) is 11.7. The maximum absolute atomic E-state index is 12.9. The number of likely N-dealkylation sites (tertiary alicyclic amines) is 1. The largest absolute Gasteiger partial charge is 0.497 e. The van der Waals surface area contributed by atoms with Crippen LogP contribution >= 0.6 is 0 Å². The van der Waals surface area contributed by atoms with E-state index in [1.807, 2.05) is 48.5 Å². The number of nitrogens with one attached hydrogen (secondary N) is 1. The second-order valence-electron chi connectivity index (χ2n) is 9.25. The van der Waals surface area contributed by atoms with E-state index in [1.165, 1.54) is 0 Å². The zero-order chi connectivity index (χ0) is 23.8. The molecule has 0 saturated carbocycles. The molecule has 0 unspecified atom stereocenters. The van der Waals surface area contributed by atoms with Crippen molar-refractivity contribution in [2.75, 3.05) is 27.2 Å². The van der Waals surface area contributed by atoms with Gasteiger partial charge in [-0.1, -0.05) is 18.2 Å². The molecule has 5 rings (SSSR count). The summed E-state index contributed by atoms with van der Waals surface area (Å²) in [7, 11) is 3.74. The number of hydrogen-bond acceptors (Lipinski definition) is 4. The predicted octanol–water partition coefficient (Wildman–Crippen LogP) is 3.86. The van der Waals surface area contributed by atoms with Crippen molar-refractivity contribution in [1.82, 2.24) is 10.2 Å². The summed E-state index contributed by atoms with van der Waals surface area (Å²) in [4.78, 5) is 27.6. The standard InChI is InChI=1S/C28H29N3O3/c1-31-10-8-21(9-11-31)30-28(33)18-6-7-23-20(12-18)16-25-24(23)14-19(15-26(25)27(29)32)17-4-3-5-22(13-17)34-2/h3-7,12-15,21H,8-11,16H2,1-2H3,(H2,29,32)(H,30,33). The van der Waals surface area contributed by atoms with Crippen molar-refractivity contribution in [2.45, 2.75) is 25.3 Å². The van der Waals surface area contributed by atoms with E-state index in [0.29, 0.717) is 17.5 Å². The Hall–Kier alpha value is -3.64. The average Bonchev–Trinajstić information content (AvgIpc) is 3.22. The van der Waals surface area contributed by atoms with Gasteiger partial charge in [0, 0.05) is 17.2 Å². The van der Waals surface area contributed by atoms with Gasteiger partial charge in [0.05, 0.1) is 7.11 Å². The van der Waals surface area contributed by atoms with Crippen LogP contribution in [0, 0.1) is 0 Å². The van der Waals surface area contributed by atoms with Crippen LogP contribution in [-0.4, -0.2) is 50.0 Å². The predicted molar refractivity (Wildman–Crippen MR) is 133 cm³/mol. The van der Waals surface area contributed by atoms with Gasteiger partial charge in [-0.2, -0.15) is 0 Å². The minimum Gasteiger partial charge on any atom is -0.497 e. The number of ether oxygens (including phenoxy) is 1. The van der Waals surface area contributed by atoms with Gasteiger partial charge in [0.25, 0.3) is 5.91 Å². The fourth-order valence-corrected chi connectivity index (χ4v) is 5.05. The highest BCUT2D eigenvalue weighted by Crippen LogP contribution is 2.41. The van der Waals surface area contributed by atoms with Crippen LogP contribution in [0.2, 0.25) is 0 Å². The first kappa shape index (κ1) is 22.2. The molecule has 2 amide bonds. The summed E-state index contributed by atoms with van der Waals surface area (Å²) in [5, 5.41) is 3.19. The van der Waals surface area contributed by atoms with Crippen LogP contribution in [-0.2, 0) is 6.42 Å². The molecule has 6 heteroatoms. The number of carbonyl (C=O) groups excluding carboxylic acids is 2. The summed E-state index contributed by atoms with van der Waals surface area (Å²) < 4.78 is 5.37. The molecule has 1 heterocycles. The zero-order valence-corrected chi connectivity index (χ0v) is 19.6.